The molecule has 0 saturated heterocycles. The maximum absolute atomic E-state index is 5.60. The molecular formula is C14H14BrN3O2S. The lowest BCUT2D eigenvalue weighted by molar-refractivity contribution is 0.171. The summed E-state index contributed by atoms with van der Waals surface area (Å²) in [5.41, 5.74) is 0. The quantitative estimate of drug-likeness (QED) is 0.833. The fourth-order valence-corrected chi connectivity index (χ4v) is 3.31. The first-order valence-corrected chi connectivity index (χ1v) is 8.20. The van der Waals surface area contributed by atoms with Crippen LogP contribution in [0.3, 0.4) is 0 Å². The van der Waals surface area contributed by atoms with E-state index in [4.69, 9.17) is 9.47 Å². The average Bonchev–Trinajstić information content (AvgIpc) is 2.51. The van der Waals surface area contributed by atoms with Gasteiger partial charge in [-0.1, -0.05) is 11.8 Å². The highest BCUT2D eigenvalue weighted by Gasteiger charge is 2.14. The third kappa shape index (κ3) is 3.24. The van der Waals surface area contributed by atoms with E-state index >= 15 is 0 Å². The number of aromatic nitrogens is 2. The summed E-state index contributed by atoms with van der Waals surface area (Å²) >= 11 is 5.10. The molecule has 1 aliphatic rings. The van der Waals surface area contributed by atoms with Crippen LogP contribution in [0.5, 0.6) is 11.5 Å². The number of nitrogens with zero attached hydrogens (tertiary/aromatic N) is 2. The fraction of sp³-hybridized carbons (Fsp3) is 0.286. The van der Waals surface area contributed by atoms with Gasteiger partial charge in [0.25, 0.3) is 0 Å². The second-order valence-electron chi connectivity index (χ2n) is 4.28. The summed E-state index contributed by atoms with van der Waals surface area (Å²) in [7, 11) is 0. The number of hydrogen-bond acceptors (Lipinski definition) is 6. The van der Waals surface area contributed by atoms with Crippen LogP contribution in [0.4, 0.5) is 5.82 Å². The Bertz CT molecular complexity index is 654. The van der Waals surface area contributed by atoms with E-state index in [0.29, 0.717) is 13.2 Å². The van der Waals surface area contributed by atoms with Crippen LogP contribution in [0, 0.1) is 0 Å². The predicted molar refractivity (Wildman–Crippen MR) is 85.5 cm³/mol. The number of nitrogens with one attached hydrogen (secondary N) is 1. The summed E-state index contributed by atoms with van der Waals surface area (Å²) in [4.78, 5) is 9.58. The van der Waals surface area contributed by atoms with Crippen molar-refractivity contribution in [3.05, 3.63) is 29.0 Å². The van der Waals surface area contributed by atoms with Crippen molar-refractivity contribution in [2.45, 2.75) is 16.8 Å². The first-order valence-electron chi connectivity index (χ1n) is 6.60. The molecule has 0 amide bonds. The second kappa shape index (κ2) is 6.53. The molecule has 1 aromatic carbocycles. The van der Waals surface area contributed by atoms with Gasteiger partial charge in [0.15, 0.2) is 11.5 Å². The Hall–Kier alpha value is -1.47. The SMILES string of the molecule is CCNc1ncnc(Sc2ccc3c(c2)OCCO3)c1Br. The van der Waals surface area contributed by atoms with Crippen LogP contribution in [0.15, 0.2) is 38.9 Å². The predicted octanol–water partition coefficient (Wildman–Crippen LogP) is 3.59. The van der Waals surface area contributed by atoms with Gasteiger partial charge in [0.1, 0.15) is 30.4 Å². The summed E-state index contributed by atoms with van der Waals surface area (Å²) < 4.78 is 12.0. The molecule has 7 heteroatoms. The monoisotopic (exact) mass is 367 g/mol. The Balaban J connectivity index is 1.85. The van der Waals surface area contributed by atoms with Crippen LogP contribution in [0.2, 0.25) is 0 Å². The van der Waals surface area contributed by atoms with Crippen LogP contribution in [-0.2, 0) is 0 Å². The van der Waals surface area contributed by atoms with Gasteiger partial charge in [0, 0.05) is 11.4 Å². The molecule has 1 N–H and O–H groups in total. The lowest BCUT2D eigenvalue weighted by atomic mass is 10.3. The lowest BCUT2D eigenvalue weighted by Crippen LogP contribution is -2.15. The van der Waals surface area contributed by atoms with Gasteiger partial charge in [-0.05, 0) is 41.1 Å². The largest absolute Gasteiger partial charge is 0.486 e. The maximum Gasteiger partial charge on any atom is 0.162 e. The summed E-state index contributed by atoms with van der Waals surface area (Å²) in [5, 5.41) is 4.05. The summed E-state index contributed by atoms with van der Waals surface area (Å²) in [5.74, 6) is 2.37. The van der Waals surface area contributed by atoms with Crippen LogP contribution in [0.1, 0.15) is 6.92 Å². The van der Waals surface area contributed by atoms with Crippen molar-refractivity contribution in [2.75, 3.05) is 25.1 Å². The zero-order chi connectivity index (χ0) is 14.7. The Morgan fingerprint density at radius 2 is 2.05 bits per heavy atom. The molecule has 0 radical (unpaired) electrons. The summed E-state index contributed by atoms with van der Waals surface area (Å²) in [6.45, 7) is 4.03. The number of benzene rings is 1. The topological polar surface area (TPSA) is 56.3 Å². The molecule has 0 fully saturated rings. The van der Waals surface area contributed by atoms with Crippen LogP contribution >= 0.6 is 27.7 Å². The number of halogens is 1. The first kappa shape index (κ1) is 14.5. The van der Waals surface area contributed by atoms with E-state index in [1.165, 1.54) is 0 Å². The van der Waals surface area contributed by atoms with Gasteiger partial charge in [-0.15, -0.1) is 0 Å². The molecule has 2 aromatic rings. The Morgan fingerprint density at radius 1 is 1.24 bits per heavy atom. The van der Waals surface area contributed by atoms with Crippen LogP contribution < -0.4 is 14.8 Å². The molecule has 0 saturated carbocycles. The number of anilines is 1. The van der Waals surface area contributed by atoms with Crippen molar-refractivity contribution in [1.82, 2.24) is 9.97 Å². The molecule has 0 atom stereocenters. The molecule has 0 spiro atoms. The van der Waals surface area contributed by atoms with Crippen molar-refractivity contribution in [1.29, 1.82) is 0 Å². The molecule has 1 aromatic heterocycles. The Morgan fingerprint density at radius 3 is 2.86 bits per heavy atom. The van der Waals surface area contributed by atoms with Crippen molar-refractivity contribution in [3.63, 3.8) is 0 Å². The van der Waals surface area contributed by atoms with Gasteiger partial charge in [-0.3, -0.25) is 0 Å². The van der Waals surface area contributed by atoms with Crippen molar-refractivity contribution >= 4 is 33.5 Å². The number of ether oxygens (including phenoxy) is 2. The zero-order valence-corrected chi connectivity index (χ0v) is 13.8. The molecule has 110 valence electrons. The van der Waals surface area contributed by atoms with E-state index in [2.05, 4.69) is 31.2 Å². The minimum Gasteiger partial charge on any atom is -0.486 e. The van der Waals surface area contributed by atoms with Crippen molar-refractivity contribution in [3.8, 4) is 11.5 Å². The van der Waals surface area contributed by atoms with Gasteiger partial charge in [-0.2, -0.15) is 0 Å². The highest BCUT2D eigenvalue weighted by atomic mass is 79.9. The van der Waals surface area contributed by atoms with E-state index < -0.39 is 0 Å². The second-order valence-corrected chi connectivity index (χ2v) is 6.13. The summed E-state index contributed by atoms with van der Waals surface area (Å²) in [6.07, 6.45) is 1.56. The third-order valence-electron chi connectivity index (χ3n) is 2.83. The van der Waals surface area contributed by atoms with Crippen LogP contribution in [-0.4, -0.2) is 29.7 Å². The fourth-order valence-electron chi connectivity index (χ4n) is 1.91. The van der Waals surface area contributed by atoms with Gasteiger partial charge < -0.3 is 14.8 Å². The molecular weight excluding hydrogens is 354 g/mol. The number of fused-ring (bicyclic) bond motifs is 1. The van der Waals surface area contributed by atoms with Gasteiger partial charge in [-0.25, -0.2) is 9.97 Å². The minimum absolute atomic E-state index is 0.586. The summed E-state index contributed by atoms with van der Waals surface area (Å²) in [6, 6.07) is 5.90. The first-order chi connectivity index (χ1) is 10.3. The molecule has 0 aliphatic carbocycles. The number of hydrogen-bond donors (Lipinski definition) is 1. The highest BCUT2D eigenvalue weighted by Crippen LogP contribution is 2.39. The molecule has 0 unspecified atom stereocenters. The third-order valence-corrected chi connectivity index (χ3v) is 4.84. The standard InChI is InChI=1S/C14H14BrN3O2S/c1-2-16-13-12(15)14(18-8-17-13)21-9-3-4-10-11(7-9)20-6-5-19-10/h3-4,7-8H,2,5-6H2,1H3,(H,16,17,18). The van der Waals surface area contributed by atoms with E-state index in [9.17, 15) is 0 Å². The van der Waals surface area contributed by atoms with Crippen molar-refractivity contribution < 1.29 is 9.47 Å². The van der Waals surface area contributed by atoms with Gasteiger partial charge in [0.2, 0.25) is 0 Å². The molecule has 5 nitrogen and oxygen atoms in total. The Kier molecular flexibility index (Phi) is 4.50. The average molecular weight is 368 g/mol. The van der Waals surface area contributed by atoms with E-state index in [-0.39, 0.29) is 0 Å². The molecule has 2 heterocycles. The van der Waals surface area contributed by atoms with Crippen LogP contribution in [0.25, 0.3) is 0 Å². The zero-order valence-electron chi connectivity index (χ0n) is 11.4. The highest BCUT2D eigenvalue weighted by molar-refractivity contribution is 9.10. The van der Waals surface area contributed by atoms with E-state index in [0.717, 1.165) is 38.3 Å². The smallest absolute Gasteiger partial charge is 0.162 e. The minimum atomic E-state index is 0.586. The van der Waals surface area contributed by atoms with Crippen molar-refractivity contribution in [2.24, 2.45) is 0 Å². The normalized spacial score (nSPS) is 13.0. The molecule has 21 heavy (non-hydrogen) atoms. The lowest BCUT2D eigenvalue weighted by Gasteiger charge is -2.18. The number of rotatable bonds is 4. The molecule has 3 rings (SSSR count). The van der Waals surface area contributed by atoms with Gasteiger partial charge in [0.05, 0.1) is 4.47 Å². The van der Waals surface area contributed by atoms with E-state index in [1.807, 2.05) is 25.1 Å². The Labute approximate surface area is 135 Å². The molecule has 0 bridgehead atoms. The van der Waals surface area contributed by atoms with E-state index in [1.54, 1.807) is 18.1 Å². The maximum atomic E-state index is 5.60. The van der Waals surface area contributed by atoms with Gasteiger partial charge >= 0.3 is 0 Å². The molecule has 1 aliphatic heterocycles.